The van der Waals surface area contributed by atoms with E-state index in [1.807, 2.05) is 40.0 Å². The lowest BCUT2D eigenvalue weighted by atomic mass is 9.86. The Balaban J connectivity index is 1.96. The topological polar surface area (TPSA) is 57.7 Å². The average molecular weight is 415 g/mol. The zero-order valence-electron chi connectivity index (χ0n) is 17.7. The number of benzene rings is 2. The lowest BCUT2D eigenvalue weighted by molar-refractivity contribution is 0.0714. The molecule has 0 spiro atoms. The fourth-order valence-electron chi connectivity index (χ4n) is 4.17. The summed E-state index contributed by atoms with van der Waals surface area (Å²) < 4.78 is 27.2. The van der Waals surface area contributed by atoms with Crippen LogP contribution in [0.25, 0.3) is 0 Å². The van der Waals surface area contributed by atoms with E-state index in [-0.39, 0.29) is 16.8 Å². The number of sulfonamides is 1. The van der Waals surface area contributed by atoms with Gasteiger partial charge in [-0.05, 0) is 55.0 Å². The zero-order chi connectivity index (χ0) is 21.2. The monoisotopic (exact) mass is 414 g/mol. The van der Waals surface area contributed by atoms with Gasteiger partial charge in [0.15, 0.2) is 0 Å². The minimum absolute atomic E-state index is 0.00916. The van der Waals surface area contributed by atoms with Gasteiger partial charge < -0.3 is 4.90 Å². The fraction of sp³-hybridized carbons (Fsp3) is 0.435. The van der Waals surface area contributed by atoms with Crippen molar-refractivity contribution in [3.8, 4) is 0 Å². The lowest BCUT2D eigenvalue weighted by Gasteiger charge is -2.33. The van der Waals surface area contributed by atoms with Gasteiger partial charge in [-0.1, -0.05) is 44.2 Å². The third-order valence-corrected chi connectivity index (χ3v) is 7.95. The Morgan fingerprint density at radius 2 is 1.79 bits per heavy atom. The van der Waals surface area contributed by atoms with Crippen molar-refractivity contribution in [2.75, 3.05) is 20.1 Å². The Kier molecular flexibility index (Phi) is 6.44. The van der Waals surface area contributed by atoms with Gasteiger partial charge in [0.05, 0.1) is 10.9 Å². The Hall–Kier alpha value is -2.18. The molecule has 1 aliphatic rings. The largest absolute Gasteiger partial charge is 0.335 e. The van der Waals surface area contributed by atoms with Crippen LogP contribution in [-0.2, 0) is 16.4 Å². The second-order valence-corrected chi connectivity index (χ2v) is 9.53. The number of carbonyl (C=O) groups excluding carboxylic acids is 1. The molecule has 3 rings (SSSR count). The Morgan fingerprint density at radius 3 is 2.48 bits per heavy atom. The average Bonchev–Trinajstić information content (AvgIpc) is 2.73. The van der Waals surface area contributed by atoms with E-state index in [0.717, 1.165) is 24.8 Å². The number of fused-ring (bicyclic) bond motifs is 1. The summed E-state index contributed by atoms with van der Waals surface area (Å²) in [7, 11) is -1.79. The summed E-state index contributed by atoms with van der Waals surface area (Å²) in [5.41, 5.74) is 3.71. The highest BCUT2D eigenvalue weighted by molar-refractivity contribution is 7.89. The van der Waals surface area contributed by atoms with Crippen molar-refractivity contribution in [2.24, 2.45) is 0 Å². The molecule has 0 heterocycles. The zero-order valence-corrected chi connectivity index (χ0v) is 18.5. The van der Waals surface area contributed by atoms with Gasteiger partial charge in [0.25, 0.3) is 5.91 Å². The molecule has 156 valence electrons. The lowest BCUT2D eigenvalue weighted by Crippen LogP contribution is -2.34. The highest BCUT2D eigenvalue weighted by Crippen LogP contribution is 2.34. The predicted molar refractivity (Wildman–Crippen MR) is 116 cm³/mol. The van der Waals surface area contributed by atoms with Crippen LogP contribution < -0.4 is 0 Å². The number of hydrogen-bond donors (Lipinski definition) is 0. The van der Waals surface area contributed by atoms with Crippen LogP contribution in [0.15, 0.2) is 47.4 Å². The molecule has 1 atom stereocenters. The molecule has 2 aromatic carbocycles. The number of carbonyl (C=O) groups is 1. The first kappa shape index (κ1) is 21.5. The van der Waals surface area contributed by atoms with Gasteiger partial charge in [-0.15, -0.1) is 0 Å². The molecule has 6 heteroatoms. The van der Waals surface area contributed by atoms with Crippen molar-refractivity contribution in [1.29, 1.82) is 0 Å². The molecule has 29 heavy (non-hydrogen) atoms. The maximum Gasteiger partial charge on any atom is 0.254 e. The van der Waals surface area contributed by atoms with E-state index in [1.54, 1.807) is 17.0 Å². The van der Waals surface area contributed by atoms with E-state index in [1.165, 1.54) is 21.5 Å². The molecular weight excluding hydrogens is 384 g/mol. The molecule has 5 nitrogen and oxygen atoms in total. The molecule has 0 saturated carbocycles. The first-order chi connectivity index (χ1) is 13.8. The standard InChI is InChI=1S/C23H30N2O3S/c1-5-25(6-2)29(27,28)19-15-14-17(3)21(16-19)23(26)24(4)22-13-9-11-18-10-7-8-12-20(18)22/h7-8,10,12,14-16,22H,5-6,9,11,13H2,1-4H3. The van der Waals surface area contributed by atoms with Gasteiger partial charge in [-0.2, -0.15) is 4.31 Å². The van der Waals surface area contributed by atoms with Crippen LogP contribution >= 0.6 is 0 Å². The summed E-state index contributed by atoms with van der Waals surface area (Å²) in [6, 6.07) is 13.1. The second-order valence-electron chi connectivity index (χ2n) is 7.59. The molecule has 1 aliphatic carbocycles. The molecule has 2 aromatic rings. The molecule has 0 N–H and O–H groups in total. The Labute approximate surface area is 174 Å². The number of amides is 1. The van der Waals surface area contributed by atoms with E-state index in [4.69, 9.17) is 0 Å². The minimum Gasteiger partial charge on any atom is -0.335 e. The van der Waals surface area contributed by atoms with Gasteiger partial charge in [-0.3, -0.25) is 4.79 Å². The van der Waals surface area contributed by atoms with E-state index >= 15 is 0 Å². The van der Waals surface area contributed by atoms with Crippen LogP contribution in [-0.4, -0.2) is 43.7 Å². The summed E-state index contributed by atoms with van der Waals surface area (Å²) >= 11 is 0. The van der Waals surface area contributed by atoms with Crippen molar-refractivity contribution >= 4 is 15.9 Å². The van der Waals surface area contributed by atoms with Crippen molar-refractivity contribution in [2.45, 2.75) is 51.0 Å². The van der Waals surface area contributed by atoms with Crippen LogP contribution in [0.5, 0.6) is 0 Å². The number of rotatable bonds is 6. The normalized spacial score (nSPS) is 16.5. The number of nitrogens with zero attached hydrogens (tertiary/aromatic N) is 2. The summed E-state index contributed by atoms with van der Waals surface area (Å²) in [5, 5.41) is 0. The van der Waals surface area contributed by atoms with Gasteiger partial charge in [-0.25, -0.2) is 8.42 Å². The van der Waals surface area contributed by atoms with Crippen LogP contribution in [0.3, 0.4) is 0 Å². The second kappa shape index (κ2) is 8.67. The highest BCUT2D eigenvalue weighted by Gasteiger charge is 2.29. The predicted octanol–water partition coefficient (Wildman–Crippen LogP) is 4.18. The summed E-state index contributed by atoms with van der Waals surface area (Å²) in [6.07, 6.45) is 2.98. The molecular formula is C23H30N2O3S. The maximum absolute atomic E-state index is 13.4. The van der Waals surface area contributed by atoms with Crippen LogP contribution in [0.2, 0.25) is 0 Å². The third-order valence-electron chi connectivity index (χ3n) is 5.91. The van der Waals surface area contributed by atoms with Gasteiger partial charge in [0.2, 0.25) is 10.0 Å². The summed E-state index contributed by atoms with van der Waals surface area (Å²) in [5.74, 6) is -0.138. The van der Waals surface area contributed by atoms with E-state index < -0.39 is 10.0 Å². The van der Waals surface area contributed by atoms with E-state index in [2.05, 4.69) is 12.1 Å². The smallest absolute Gasteiger partial charge is 0.254 e. The van der Waals surface area contributed by atoms with Crippen molar-refractivity contribution < 1.29 is 13.2 Å². The molecule has 0 saturated heterocycles. The van der Waals surface area contributed by atoms with Crippen molar-refractivity contribution in [3.63, 3.8) is 0 Å². The molecule has 0 radical (unpaired) electrons. The quantitative estimate of drug-likeness (QED) is 0.713. The van der Waals surface area contributed by atoms with Crippen LogP contribution in [0.1, 0.15) is 59.8 Å². The van der Waals surface area contributed by atoms with Gasteiger partial charge in [0.1, 0.15) is 0 Å². The first-order valence-electron chi connectivity index (χ1n) is 10.3. The molecule has 0 aliphatic heterocycles. The van der Waals surface area contributed by atoms with E-state index in [9.17, 15) is 13.2 Å². The summed E-state index contributed by atoms with van der Waals surface area (Å²) in [6.45, 7) is 6.28. The number of hydrogen-bond acceptors (Lipinski definition) is 3. The first-order valence-corrected chi connectivity index (χ1v) is 11.7. The molecule has 0 bridgehead atoms. The fourth-order valence-corrected chi connectivity index (χ4v) is 5.65. The van der Waals surface area contributed by atoms with Crippen LogP contribution in [0, 0.1) is 6.92 Å². The van der Waals surface area contributed by atoms with Gasteiger partial charge >= 0.3 is 0 Å². The Morgan fingerprint density at radius 1 is 1.10 bits per heavy atom. The molecule has 0 aromatic heterocycles. The van der Waals surface area contributed by atoms with Gasteiger partial charge in [0, 0.05) is 25.7 Å². The highest BCUT2D eigenvalue weighted by atomic mass is 32.2. The van der Waals surface area contributed by atoms with E-state index in [0.29, 0.717) is 18.7 Å². The molecule has 0 fully saturated rings. The van der Waals surface area contributed by atoms with Crippen LogP contribution in [0.4, 0.5) is 0 Å². The third kappa shape index (κ3) is 4.09. The SMILES string of the molecule is CCN(CC)S(=O)(=O)c1ccc(C)c(C(=O)N(C)C2CCCc3ccccc32)c1. The number of aryl methyl sites for hydroxylation is 2. The minimum atomic E-state index is -3.61. The maximum atomic E-state index is 13.4. The Bertz CT molecular complexity index is 997. The molecule has 1 unspecified atom stereocenters. The van der Waals surface area contributed by atoms with Crippen molar-refractivity contribution in [3.05, 3.63) is 64.7 Å². The van der Waals surface area contributed by atoms with Crippen molar-refractivity contribution in [1.82, 2.24) is 9.21 Å². The molecule has 1 amide bonds. The summed E-state index contributed by atoms with van der Waals surface area (Å²) in [4.78, 5) is 15.3.